The van der Waals surface area contributed by atoms with Gasteiger partial charge in [0.2, 0.25) is 13.4 Å². The van der Waals surface area contributed by atoms with E-state index in [-0.39, 0.29) is 0 Å². The topological polar surface area (TPSA) is 0 Å². The molecule has 4 aromatic rings. The van der Waals surface area contributed by atoms with E-state index in [2.05, 4.69) is 0 Å². The summed E-state index contributed by atoms with van der Waals surface area (Å²) in [6.45, 7) is -4.38. The number of rotatable bonds is 8. The number of hydrogen-bond acceptors (Lipinski definition) is 0. The highest BCUT2D eigenvalue weighted by Crippen LogP contribution is 2.35. The van der Waals surface area contributed by atoms with Crippen LogP contribution in [-0.2, 0) is 0 Å². The molecular weight excluding hydrogens is 778 g/mol. The molecule has 0 saturated carbocycles. The Morgan fingerprint density at radius 2 is 0.481 bits per heavy atom. The molecule has 0 aromatic heterocycles. The van der Waals surface area contributed by atoms with Crippen LogP contribution in [0.2, 0.25) is 31.4 Å². The maximum atomic E-state index is 15.4. The Bertz CT molecular complexity index is 1900. The van der Waals surface area contributed by atoms with Gasteiger partial charge >= 0.3 is 0 Å². The Labute approximate surface area is 279 Å². The van der Waals surface area contributed by atoms with Gasteiger partial charge in [0, 0.05) is 29.9 Å². The Balaban J connectivity index is 2.30. The van der Waals surface area contributed by atoms with Crippen LogP contribution in [0.25, 0.3) is 0 Å². The molecule has 1 unspecified atom stereocenters. The van der Waals surface area contributed by atoms with Crippen molar-refractivity contribution in [1.82, 2.24) is 0 Å². The smallest absolute Gasteiger partial charge is 0.204 e. The summed E-state index contributed by atoms with van der Waals surface area (Å²) in [5.74, 6) is -59.6. The van der Waals surface area contributed by atoms with Crippen molar-refractivity contribution in [1.29, 1.82) is 0 Å². The minimum atomic E-state index is -4.23. The Morgan fingerprint density at radius 1 is 0.308 bits per heavy atom. The first-order valence-electron chi connectivity index (χ1n) is 13.9. The van der Waals surface area contributed by atoms with Gasteiger partial charge in [-0.3, -0.25) is 0 Å². The van der Waals surface area contributed by atoms with Crippen molar-refractivity contribution in [2.45, 2.75) is 31.4 Å². The number of halogens is 20. The molecular formula is C29H12B2F20Si. The lowest BCUT2D eigenvalue weighted by Gasteiger charge is -2.37. The molecule has 0 aliphatic heterocycles. The predicted molar refractivity (Wildman–Crippen MR) is 147 cm³/mol. The first-order valence-corrected chi connectivity index (χ1v) is 17.5. The van der Waals surface area contributed by atoms with Crippen LogP contribution in [0.4, 0.5) is 87.8 Å². The van der Waals surface area contributed by atoms with E-state index in [9.17, 15) is 52.7 Å². The SMILES string of the molecule is C[Si](C)(C)C(CB(c1c(F)c(F)c(F)c(F)c1F)c1c(F)c(F)c(F)c(F)c1F)B(c1c(F)c(F)c(F)c(F)c1F)c1c(F)c(F)c(F)c(F)c1F. The Kier molecular flexibility index (Phi) is 10.9. The zero-order valence-electron chi connectivity index (χ0n) is 25.5. The lowest BCUT2D eigenvalue weighted by molar-refractivity contribution is 0.381. The summed E-state index contributed by atoms with van der Waals surface area (Å²) in [6.07, 6.45) is -2.07. The van der Waals surface area contributed by atoms with E-state index in [1.54, 1.807) is 0 Å². The summed E-state index contributed by atoms with van der Waals surface area (Å²) in [5, 5.41) is 0. The van der Waals surface area contributed by atoms with Gasteiger partial charge in [-0.2, -0.15) is 0 Å². The second kappa shape index (κ2) is 14.0. The highest BCUT2D eigenvalue weighted by molar-refractivity contribution is 7.02. The average molecular weight is 790 g/mol. The minimum Gasteiger partial charge on any atom is -0.204 e. The summed E-state index contributed by atoms with van der Waals surface area (Å²) < 4.78 is 295. The lowest BCUT2D eigenvalue weighted by Crippen LogP contribution is -2.61. The van der Waals surface area contributed by atoms with Gasteiger partial charge < -0.3 is 0 Å². The van der Waals surface area contributed by atoms with Crippen molar-refractivity contribution in [3.63, 3.8) is 0 Å². The van der Waals surface area contributed by atoms with Gasteiger partial charge in [0.25, 0.3) is 0 Å². The van der Waals surface area contributed by atoms with Gasteiger partial charge in [-0.15, -0.1) is 0 Å². The zero-order chi connectivity index (χ0) is 39.8. The molecule has 0 bridgehead atoms. The molecule has 0 heterocycles. The second-order valence-corrected chi connectivity index (χ2v) is 17.6. The van der Waals surface area contributed by atoms with Crippen LogP contribution in [0.3, 0.4) is 0 Å². The van der Waals surface area contributed by atoms with Crippen molar-refractivity contribution >= 4 is 43.4 Å². The maximum Gasteiger partial charge on any atom is 0.225 e. The van der Waals surface area contributed by atoms with E-state index < -0.39 is 171 Å². The van der Waals surface area contributed by atoms with E-state index in [4.69, 9.17) is 0 Å². The first-order chi connectivity index (χ1) is 23.8. The molecule has 0 fully saturated rings. The summed E-state index contributed by atoms with van der Waals surface area (Å²) in [4.78, 5) is 0. The van der Waals surface area contributed by atoms with Crippen LogP contribution in [0.15, 0.2) is 0 Å². The largest absolute Gasteiger partial charge is 0.225 e. The van der Waals surface area contributed by atoms with Gasteiger partial charge in [-0.05, 0) is 0 Å². The molecule has 0 amide bonds. The Morgan fingerprint density at radius 3 is 0.673 bits per heavy atom. The molecule has 278 valence electrons. The van der Waals surface area contributed by atoms with E-state index in [0.717, 1.165) is 19.6 Å². The molecule has 0 spiro atoms. The molecule has 0 nitrogen and oxygen atoms in total. The van der Waals surface area contributed by atoms with Gasteiger partial charge in [0.15, 0.2) is 116 Å². The Hall–Kier alpha value is -4.17. The summed E-state index contributed by atoms with van der Waals surface area (Å²) in [6, 6.07) is 0. The third kappa shape index (κ3) is 6.20. The third-order valence-electron chi connectivity index (χ3n) is 8.30. The van der Waals surface area contributed by atoms with Gasteiger partial charge in [-0.25, -0.2) is 87.8 Å². The summed E-state index contributed by atoms with van der Waals surface area (Å²) >= 11 is 0. The molecule has 1 atom stereocenters. The fourth-order valence-corrected chi connectivity index (χ4v) is 8.09. The maximum absolute atomic E-state index is 15.4. The fraction of sp³-hybridized carbons (Fsp3) is 0.172. The van der Waals surface area contributed by atoms with E-state index in [1.165, 1.54) is 0 Å². The van der Waals surface area contributed by atoms with E-state index in [1.807, 2.05) is 0 Å². The van der Waals surface area contributed by atoms with Crippen molar-refractivity contribution in [3.8, 4) is 0 Å². The van der Waals surface area contributed by atoms with Crippen LogP contribution >= 0.6 is 0 Å². The quantitative estimate of drug-likeness (QED) is 0.0746. The second-order valence-electron chi connectivity index (χ2n) is 12.2. The average Bonchev–Trinajstić information content (AvgIpc) is 3.09. The molecule has 0 saturated heterocycles. The molecule has 4 aromatic carbocycles. The van der Waals surface area contributed by atoms with Crippen molar-refractivity contribution in [3.05, 3.63) is 116 Å². The predicted octanol–water partition coefficient (Wildman–Crippen LogP) is 7.63. The highest BCUT2D eigenvalue weighted by atomic mass is 28.3. The van der Waals surface area contributed by atoms with Gasteiger partial charge in [0.05, 0.1) is 0 Å². The van der Waals surface area contributed by atoms with Crippen LogP contribution in [0.5, 0.6) is 0 Å². The molecule has 52 heavy (non-hydrogen) atoms. The standard InChI is InChI=1S/C29H12B2F20Si/c1-52(2,3)5(31(8-14(36)22(44)28(50)23(45)15(8)37)9-16(38)24(46)29(51)25(47)17(9)39)4-30(6-10(32)18(40)26(48)19(41)11(6)33)7-12(34)20(42)27(49)21(43)13(7)35/h5H,4H2,1-3H3. The van der Waals surface area contributed by atoms with Gasteiger partial charge in [-0.1, -0.05) is 31.4 Å². The third-order valence-corrected chi connectivity index (χ3v) is 11.1. The molecule has 0 aliphatic rings. The van der Waals surface area contributed by atoms with E-state index >= 15 is 35.1 Å². The molecule has 0 N–H and O–H groups in total. The van der Waals surface area contributed by atoms with Crippen molar-refractivity contribution in [2.24, 2.45) is 0 Å². The van der Waals surface area contributed by atoms with Crippen LogP contribution in [-0.4, -0.2) is 21.5 Å². The number of hydrogen-bond donors (Lipinski definition) is 0. The molecule has 4 rings (SSSR count). The lowest BCUT2D eigenvalue weighted by atomic mass is 9.29. The van der Waals surface area contributed by atoms with E-state index in [0.29, 0.717) is 0 Å². The highest BCUT2D eigenvalue weighted by Gasteiger charge is 2.51. The number of benzene rings is 4. The molecule has 0 aliphatic carbocycles. The van der Waals surface area contributed by atoms with Crippen molar-refractivity contribution < 1.29 is 87.8 Å². The van der Waals surface area contributed by atoms with Crippen molar-refractivity contribution in [2.75, 3.05) is 0 Å². The van der Waals surface area contributed by atoms with Crippen LogP contribution in [0, 0.1) is 116 Å². The molecule has 0 radical (unpaired) electrons. The van der Waals surface area contributed by atoms with Gasteiger partial charge in [0.1, 0.15) is 0 Å². The zero-order valence-corrected chi connectivity index (χ0v) is 26.5. The monoisotopic (exact) mass is 790 g/mol. The summed E-state index contributed by atoms with van der Waals surface area (Å²) in [7, 11) is -4.23. The minimum absolute atomic E-state index is 0.872. The first kappa shape index (κ1) is 40.6. The normalized spacial score (nSPS) is 12.5. The molecule has 23 heteroatoms. The summed E-state index contributed by atoms with van der Waals surface area (Å²) in [5.41, 5.74) is -12.5. The van der Waals surface area contributed by atoms with Crippen LogP contribution < -0.4 is 21.9 Å². The fourth-order valence-electron chi connectivity index (χ4n) is 5.82. The van der Waals surface area contributed by atoms with Crippen LogP contribution in [0.1, 0.15) is 0 Å².